The third-order valence-corrected chi connectivity index (χ3v) is 4.39. The second-order valence-electron chi connectivity index (χ2n) is 4.40. The summed E-state index contributed by atoms with van der Waals surface area (Å²) in [6, 6.07) is 9.73. The fraction of sp³-hybridized carbons (Fsp3) is 0.143. The first-order valence-electron chi connectivity index (χ1n) is 5.92. The molecule has 2 aromatic carbocycles. The quantitative estimate of drug-likeness (QED) is 0.909. The van der Waals surface area contributed by atoms with E-state index >= 15 is 0 Å². The molecule has 0 unspecified atom stereocenters. The Kier molecular flexibility index (Phi) is 4.06. The molecule has 0 saturated heterocycles. The Morgan fingerprint density at radius 3 is 2.40 bits per heavy atom. The third kappa shape index (κ3) is 3.34. The van der Waals surface area contributed by atoms with E-state index in [1.165, 1.54) is 31.2 Å². The highest BCUT2D eigenvalue weighted by atomic mass is 32.2. The average molecular weight is 295 g/mol. The highest BCUT2D eigenvalue weighted by Crippen LogP contribution is 2.17. The lowest BCUT2D eigenvalue weighted by molar-refractivity contribution is 0.475. The molecule has 0 saturated carbocycles. The van der Waals surface area contributed by atoms with Gasteiger partial charge in [-0.25, -0.2) is 17.5 Å². The number of aromatic hydroxyl groups is 1. The highest BCUT2D eigenvalue weighted by molar-refractivity contribution is 7.89. The molecular weight excluding hydrogens is 281 g/mol. The molecule has 0 radical (unpaired) electrons. The van der Waals surface area contributed by atoms with Gasteiger partial charge in [-0.1, -0.05) is 12.1 Å². The van der Waals surface area contributed by atoms with Crippen LogP contribution < -0.4 is 4.72 Å². The van der Waals surface area contributed by atoms with Crippen molar-refractivity contribution < 1.29 is 17.9 Å². The van der Waals surface area contributed by atoms with Gasteiger partial charge < -0.3 is 5.11 Å². The van der Waals surface area contributed by atoms with Gasteiger partial charge in [-0.15, -0.1) is 0 Å². The molecule has 0 fully saturated rings. The maximum absolute atomic E-state index is 13.0. The Bertz CT molecular complexity index is 712. The van der Waals surface area contributed by atoms with Crippen molar-refractivity contribution in [1.82, 2.24) is 4.72 Å². The fourth-order valence-corrected chi connectivity index (χ4v) is 3.03. The molecule has 20 heavy (non-hydrogen) atoms. The van der Waals surface area contributed by atoms with E-state index in [1.807, 2.05) is 0 Å². The Labute approximate surface area is 116 Å². The van der Waals surface area contributed by atoms with E-state index in [2.05, 4.69) is 4.72 Å². The Morgan fingerprint density at radius 1 is 1.15 bits per heavy atom. The Balaban J connectivity index is 2.17. The van der Waals surface area contributed by atoms with Crippen molar-refractivity contribution in [1.29, 1.82) is 0 Å². The molecule has 0 atom stereocenters. The van der Waals surface area contributed by atoms with Gasteiger partial charge in [0.15, 0.2) is 0 Å². The summed E-state index contributed by atoms with van der Waals surface area (Å²) in [5.74, 6) is -0.356. The topological polar surface area (TPSA) is 66.4 Å². The van der Waals surface area contributed by atoms with E-state index in [0.29, 0.717) is 11.1 Å². The maximum Gasteiger partial charge on any atom is 0.241 e. The van der Waals surface area contributed by atoms with Crippen LogP contribution in [0.3, 0.4) is 0 Å². The van der Waals surface area contributed by atoms with Crippen LogP contribution in [0.2, 0.25) is 0 Å². The molecule has 0 aromatic heterocycles. The highest BCUT2D eigenvalue weighted by Gasteiger charge is 2.16. The summed E-state index contributed by atoms with van der Waals surface area (Å²) >= 11 is 0. The summed E-state index contributed by atoms with van der Waals surface area (Å²) in [4.78, 5) is 0.0534. The average Bonchev–Trinajstić information content (AvgIpc) is 2.37. The van der Waals surface area contributed by atoms with Gasteiger partial charge in [0.1, 0.15) is 11.6 Å². The van der Waals surface area contributed by atoms with Crippen LogP contribution in [0.5, 0.6) is 5.75 Å². The lowest BCUT2D eigenvalue weighted by Crippen LogP contribution is -2.24. The van der Waals surface area contributed by atoms with E-state index in [0.717, 1.165) is 6.07 Å². The van der Waals surface area contributed by atoms with Gasteiger partial charge in [0, 0.05) is 6.54 Å². The first kappa shape index (κ1) is 14.5. The van der Waals surface area contributed by atoms with E-state index < -0.39 is 15.8 Å². The van der Waals surface area contributed by atoms with Gasteiger partial charge in [0.25, 0.3) is 0 Å². The first-order chi connectivity index (χ1) is 9.38. The van der Waals surface area contributed by atoms with Gasteiger partial charge in [0.05, 0.1) is 4.90 Å². The zero-order valence-corrected chi connectivity index (χ0v) is 11.6. The zero-order valence-electron chi connectivity index (χ0n) is 10.8. The maximum atomic E-state index is 13.0. The fourth-order valence-electron chi connectivity index (χ4n) is 1.78. The predicted octanol–water partition coefficient (Wildman–Crippen LogP) is 2.32. The summed E-state index contributed by atoms with van der Waals surface area (Å²) in [6.45, 7) is 1.64. The van der Waals surface area contributed by atoms with Crippen LogP contribution in [0.15, 0.2) is 47.4 Å². The molecule has 6 heteroatoms. The lowest BCUT2D eigenvalue weighted by atomic mass is 10.2. The van der Waals surface area contributed by atoms with Crippen molar-refractivity contribution in [2.24, 2.45) is 0 Å². The molecule has 106 valence electrons. The number of rotatable bonds is 4. The molecule has 0 aliphatic carbocycles. The molecule has 0 heterocycles. The van der Waals surface area contributed by atoms with Crippen LogP contribution >= 0.6 is 0 Å². The first-order valence-corrected chi connectivity index (χ1v) is 7.40. The van der Waals surface area contributed by atoms with Crippen molar-refractivity contribution in [3.63, 3.8) is 0 Å². The number of benzene rings is 2. The van der Waals surface area contributed by atoms with Gasteiger partial charge >= 0.3 is 0 Å². The summed E-state index contributed by atoms with van der Waals surface area (Å²) in [7, 11) is -3.70. The van der Waals surface area contributed by atoms with Crippen molar-refractivity contribution >= 4 is 10.0 Å². The monoisotopic (exact) mass is 295 g/mol. The minimum Gasteiger partial charge on any atom is -0.508 e. The van der Waals surface area contributed by atoms with Crippen molar-refractivity contribution in [3.8, 4) is 5.75 Å². The molecule has 2 N–H and O–H groups in total. The number of phenolic OH excluding ortho intramolecular Hbond substituents is 1. The van der Waals surface area contributed by atoms with Crippen LogP contribution in [0, 0.1) is 12.7 Å². The number of aryl methyl sites for hydroxylation is 1. The molecule has 0 spiro atoms. The summed E-state index contributed by atoms with van der Waals surface area (Å²) in [5.41, 5.74) is 1.06. The number of halogens is 1. The Morgan fingerprint density at radius 2 is 1.80 bits per heavy atom. The SMILES string of the molecule is Cc1cc(F)ccc1S(=O)(=O)NCc1ccc(O)cc1. The van der Waals surface area contributed by atoms with E-state index in [9.17, 15) is 12.8 Å². The summed E-state index contributed by atoms with van der Waals surface area (Å²) in [5, 5.41) is 9.15. The number of nitrogens with one attached hydrogen (secondary N) is 1. The van der Waals surface area contributed by atoms with Crippen LogP contribution in [-0.2, 0) is 16.6 Å². The minimum absolute atomic E-state index is 0.0534. The van der Waals surface area contributed by atoms with Crippen LogP contribution in [0.1, 0.15) is 11.1 Å². The lowest BCUT2D eigenvalue weighted by Gasteiger charge is -2.09. The van der Waals surface area contributed by atoms with Crippen LogP contribution in [-0.4, -0.2) is 13.5 Å². The van der Waals surface area contributed by atoms with Crippen molar-refractivity contribution in [2.45, 2.75) is 18.4 Å². The molecule has 0 bridgehead atoms. The van der Waals surface area contributed by atoms with E-state index in [4.69, 9.17) is 5.11 Å². The summed E-state index contributed by atoms with van der Waals surface area (Å²) < 4.78 is 39.7. The second-order valence-corrected chi connectivity index (χ2v) is 6.14. The van der Waals surface area contributed by atoms with E-state index in [1.54, 1.807) is 12.1 Å². The van der Waals surface area contributed by atoms with Gasteiger partial charge in [-0.3, -0.25) is 0 Å². The largest absolute Gasteiger partial charge is 0.508 e. The second kappa shape index (κ2) is 5.60. The normalized spacial score (nSPS) is 11.5. The predicted molar refractivity (Wildman–Crippen MR) is 73.3 cm³/mol. The molecule has 0 aliphatic heterocycles. The number of hydrogen-bond acceptors (Lipinski definition) is 3. The molecule has 2 aromatic rings. The molecular formula is C14H14FNO3S. The standard InChI is InChI=1S/C14H14FNO3S/c1-10-8-12(15)4-7-14(10)20(18,19)16-9-11-2-5-13(17)6-3-11/h2-8,16-17H,9H2,1H3. The van der Waals surface area contributed by atoms with Crippen molar-refractivity contribution in [2.75, 3.05) is 0 Å². The number of hydrogen-bond donors (Lipinski definition) is 2. The minimum atomic E-state index is -3.70. The van der Waals surface area contributed by atoms with E-state index in [-0.39, 0.29) is 17.2 Å². The van der Waals surface area contributed by atoms with Crippen LogP contribution in [0.4, 0.5) is 4.39 Å². The molecule has 0 aliphatic rings. The van der Waals surface area contributed by atoms with Crippen LogP contribution in [0.25, 0.3) is 0 Å². The third-order valence-electron chi connectivity index (χ3n) is 2.83. The van der Waals surface area contributed by atoms with Gasteiger partial charge in [0.2, 0.25) is 10.0 Å². The number of phenols is 1. The molecule has 0 amide bonds. The smallest absolute Gasteiger partial charge is 0.241 e. The number of sulfonamides is 1. The zero-order chi connectivity index (χ0) is 14.8. The molecule has 4 nitrogen and oxygen atoms in total. The summed E-state index contributed by atoms with van der Waals surface area (Å²) in [6.07, 6.45) is 0. The van der Waals surface area contributed by atoms with Gasteiger partial charge in [-0.05, 0) is 48.4 Å². The molecule has 2 rings (SSSR count). The Hall–Kier alpha value is -1.92. The van der Waals surface area contributed by atoms with Crippen molar-refractivity contribution in [3.05, 3.63) is 59.4 Å². The van der Waals surface area contributed by atoms with Gasteiger partial charge in [-0.2, -0.15) is 0 Å².